The molecule has 8 heteroatoms. The zero-order valence-electron chi connectivity index (χ0n) is 16.9. The minimum Gasteiger partial charge on any atom is -0.494 e. The van der Waals surface area contributed by atoms with Crippen LogP contribution in [0.2, 0.25) is 10.0 Å². The van der Waals surface area contributed by atoms with Gasteiger partial charge in [-0.05, 0) is 80.6 Å². The third-order valence-corrected chi connectivity index (χ3v) is 5.75. The first kappa shape index (κ1) is 22.5. The molecule has 1 amide bonds. The van der Waals surface area contributed by atoms with Crippen LogP contribution in [0.5, 0.6) is 11.5 Å². The molecule has 0 aliphatic carbocycles. The van der Waals surface area contributed by atoms with Gasteiger partial charge in [0, 0.05) is 6.54 Å². The van der Waals surface area contributed by atoms with Crippen LogP contribution in [0.3, 0.4) is 0 Å². The maximum atomic E-state index is 12.9. The van der Waals surface area contributed by atoms with Gasteiger partial charge in [-0.3, -0.25) is 9.69 Å². The fourth-order valence-corrected chi connectivity index (χ4v) is 4.54. The lowest BCUT2D eigenvalue weighted by molar-refractivity contribution is -0.122. The number of halogens is 2. The maximum Gasteiger partial charge on any atom is 0.266 e. The molecule has 158 valence electrons. The quantitative estimate of drug-likeness (QED) is 0.443. The molecule has 5 nitrogen and oxygen atoms in total. The number of hydrogen-bond donors (Lipinski definition) is 0. The number of hydrogen-bond acceptors (Lipinski definition) is 5. The van der Waals surface area contributed by atoms with Crippen molar-refractivity contribution in [2.45, 2.75) is 20.8 Å². The number of thioether (sulfide) groups is 1. The van der Waals surface area contributed by atoms with Crippen LogP contribution in [0.1, 0.15) is 26.3 Å². The summed E-state index contributed by atoms with van der Waals surface area (Å²) in [5, 5.41) is 1.44. The number of carbonyl (C=O) groups is 1. The van der Waals surface area contributed by atoms with E-state index >= 15 is 0 Å². The van der Waals surface area contributed by atoms with E-state index in [9.17, 15) is 4.79 Å². The number of amidine groups is 1. The summed E-state index contributed by atoms with van der Waals surface area (Å²) in [6, 6.07) is 10.9. The van der Waals surface area contributed by atoms with Crippen molar-refractivity contribution < 1.29 is 14.3 Å². The molecular formula is C22H22Cl2N2O3S. The number of ether oxygens (including phenoxy) is 2. The number of amides is 1. The van der Waals surface area contributed by atoms with Crippen LogP contribution < -0.4 is 9.47 Å². The molecule has 0 spiro atoms. The molecular weight excluding hydrogens is 443 g/mol. The highest BCUT2D eigenvalue weighted by molar-refractivity contribution is 8.18. The number of benzene rings is 2. The number of aliphatic imine (C=N–C) groups is 1. The highest BCUT2D eigenvalue weighted by Crippen LogP contribution is 2.38. The summed E-state index contributed by atoms with van der Waals surface area (Å²) < 4.78 is 10.9. The summed E-state index contributed by atoms with van der Waals surface area (Å²) in [4.78, 5) is 19.7. The second kappa shape index (κ2) is 10.2. The van der Waals surface area contributed by atoms with Crippen molar-refractivity contribution >= 4 is 57.8 Å². The summed E-state index contributed by atoms with van der Waals surface area (Å²) in [5.74, 6) is 1.13. The van der Waals surface area contributed by atoms with E-state index < -0.39 is 0 Å². The molecule has 3 rings (SSSR count). The molecule has 0 radical (unpaired) electrons. The third kappa shape index (κ3) is 5.12. The van der Waals surface area contributed by atoms with E-state index in [4.69, 9.17) is 32.7 Å². The Morgan fingerprint density at radius 3 is 2.23 bits per heavy atom. The minimum atomic E-state index is -0.103. The maximum absolute atomic E-state index is 12.9. The largest absolute Gasteiger partial charge is 0.494 e. The van der Waals surface area contributed by atoms with E-state index in [1.807, 2.05) is 45.0 Å². The molecule has 30 heavy (non-hydrogen) atoms. The van der Waals surface area contributed by atoms with Crippen molar-refractivity contribution in [3.05, 3.63) is 56.9 Å². The molecule has 0 N–H and O–H groups in total. The lowest BCUT2D eigenvalue weighted by Gasteiger charge is -2.12. The Hall–Kier alpha value is -2.15. The highest BCUT2D eigenvalue weighted by Gasteiger charge is 2.32. The van der Waals surface area contributed by atoms with E-state index in [1.54, 1.807) is 23.1 Å². The zero-order chi connectivity index (χ0) is 21.7. The Kier molecular flexibility index (Phi) is 7.69. The monoisotopic (exact) mass is 464 g/mol. The Balaban J connectivity index is 1.88. The third-order valence-electron chi connectivity index (χ3n) is 4.18. The summed E-state index contributed by atoms with van der Waals surface area (Å²) in [5.41, 5.74) is 1.48. The smallest absolute Gasteiger partial charge is 0.266 e. The molecule has 1 aliphatic rings. The standard InChI is InChI=1S/C22H22Cl2N2O3S/c1-4-26-21(27)19(13-14-11-17(23)20(29-6-3)18(24)12-14)30-22(26)25-15-7-9-16(10-8-15)28-5-2/h7-13H,4-6H2,1-3H3/b19-13+,25-22?. The van der Waals surface area contributed by atoms with Gasteiger partial charge in [0.05, 0.1) is 33.9 Å². The first-order valence-electron chi connectivity index (χ1n) is 9.61. The van der Waals surface area contributed by atoms with Gasteiger partial charge in [0.15, 0.2) is 10.9 Å². The molecule has 2 aromatic carbocycles. The van der Waals surface area contributed by atoms with E-state index in [0.717, 1.165) is 17.0 Å². The van der Waals surface area contributed by atoms with Crippen molar-refractivity contribution in [2.24, 2.45) is 4.99 Å². The van der Waals surface area contributed by atoms with Crippen LogP contribution in [0.4, 0.5) is 5.69 Å². The molecule has 0 aromatic heterocycles. The fourth-order valence-electron chi connectivity index (χ4n) is 2.86. The number of carbonyl (C=O) groups excluding carboxylic acids is 1. The van der Waals surface area contributed by atoms with Crippen LogP contribution in [0.25, 0.3) is 6.08 Å². The first-order valence-corrected chi connectivity index (χ1v) is 11.2. The van der Waals surface area contributed by atoms with Gasteiger partial charge in [-0.15, -0.1) is 0 Å². The van der Waals surface area contributed by atoms with Crippen molar-refractivity contribution in [1.29, 1.82) is 0 Å². The predicted octanol–water partition coefficient (Wildman–Crippen LogP) is 6.41. The van der Waals surface area contributed by atoms with Gasteiger partial charge in [-0.2, -0.15) is 0 Å². The SMILES string of the molecule is CCOc1ccc(N=C2S/C(=C/c3cc(Cl)c(OCC)c(Cl)c3)C(=O)N2CC)cc1. The van der Waals surface area contributed by atoms with Crippen molar-refractivity contribution in [3.63, 3.8) is 0 Å². The van der Waals surface area contributed by atoms with E-state index in [-0.39, 0.29) is 5.91 Å². The van der Waals surface area contributed by atoms with Crippen molar-refractivity contribution in [1.82, 2.24) is 4.90 Å². The summed E-state index contributed by atoms with van der Waals surface area (Å²) in [7, 11) is 0. The summed E-state index contributed by atoms with van der Waals surface area (Å²) in [6.45, 7) is 7.30. The minimum absolute atomic E-state index is 0.103. The molecule has 0 bridgehead atoms. The first-order chi connectivity index (χ1) is 14.5. The van der Waals surface area contributed by atoms with Crippen molar-refractivity contribution in [2.75, 3.05) is 19.8 Å². The number of rotatable bonds is 7. The number of nitrogens with zero attached hydrogens (tertiary/aromatic N) is 2. The second-order valence-corrected chi connectivity index (χ2v) is 8.05. The molecule has 1 saturated heterocycles. The fraction of sp³-hybridized carbons (Fsp3) is 0.273. The average Bonchev–Trinajstić information content (AvgIpc) is 3.00. The molecule has 0 atom stereocenters. The van der Waals surface area contributed by atoms with E-state index in [1.165, 1.54) is 11.8 Å². The van der Waals surface area contributed by atoms with E-state index in [2.05, 4.69) is 4.99 Å². The van der Waals surface area contributed by atoms with Crippen molar-refractivity contribution in [3.8, 4) is 11.5 Å². The molecule has 1 aliphatic heterocycles. The van der Waals surface area contributed by atoms with Crippen LogP contribution in [-0.4, -0.2) is 35.7 Å². The Labute approximate surface area is 190 Å². The van der Waals surface area contributed by atoms with Gasteiger partial charge in [-0.25, -0.2) is 4.99 Å². The van der Waals surface area contributed by atoms with Crippen LogP contribution in [0.15, 0.2) is 46.3 Å². The van der Waals surface area contributed by atoms with Crippen LogP contribution in [-0.2, 0) is 4.79 Å². The Morgan fingerprint density at radius 2 is 1.67 bits per heavy atom. The lowest BCUT2D eigenvalue weighted by atomic mass is 10.2. The van der Waals surface area contributed by atoms with Gasteiger partial charge in [0.2, 0.25) is 0 Å². The topological polar surface area (TPSA) is 51.1 Å². The Morgan fingerprint density at radius 1 is 1.03 bits per heavy atom. The van der Waals surface area contributed by atoms with Gasteiger partial charge in [0.1, 0.15) is 5.75 Å². The molecule has 2 aromatic rings. The van der Waals surface area contributed by atoms with Crippen LogP contribution in [0, 0.1) is 0 Å². The average molecular weight is 465 g/mol. The molecule has 0 saturated carbocycles. The molecule has 1 fully saturated rings. The predicted molar refractivity (Wildman–Crippen MR) is 125 cm³/mol. The van der Waals surface area contributed by atoms with E-state index in [0.29, 0.717) is 45.6 Å². The zero-order valence-corrected chi connectivity index (χ0v) is 19.3. The number of likely N-dealkylation sites (N-methyl/N-ethyl adjacent to an activating group) is 1. The second-order valence-electron chi connectivity index (χ2n) is 6.23. The van der Waals surface area contributed by atoms with Gasteiger partial charge < -0.3 is 9.47 Å². The summed E-state index contributed by atoms with van der Waals surface area (Å²) >= 11 is 13.9. The van der Waals surface area contributed by atoms with Crippen LogP contribution >= 0.6 is 35.0 Å². The highest BCUT2D eigenvalue weighted by atomic mass is 35.5. The molecule has 1 heterocycles. The van der Waals surface area contributed by atoms with Gasteiger partial charge in [-0.1, -0.05) is 23.2 Å². The Bertz CT molecular complexity index is 967. The molecule has 0 unspecified atom stereocenters. The van der Waals surface area contributed by atoms with Gasteiger partial charge in [0.25, 0.3) is 5.91 Å². The van der Waals surface area contributed by atoms with Gasteiger partial charge >= 0.3 is 0 Å². The lowest BCUT2D eigenvalue weighted by Crippen LogP contribution is -2.28. The normalized spacial score (nSPS) is 16.6. The summed E-state index contributed by atoms with van der Waals surface area (Å²) in [6.07, 6.45) is 1.77.